The van der Waals surface area contributed by atoms with E-state index in [0.29, 0.717) is 18.0 Å². The number of hydrogen-bond acceptors (Lipinski definition) is 5. The number of nitrogens with two attached hydrogens (primary N) is 1. The van der Waals surface area contributed by atoms with Crippen molar-refractivity contribution in [1.29, 1.82) is 0 Å². The van der Waals surface area contributed by atoms with Gasteiger partial charge in [-0.2, -0.15) is 5.10 Å². The second kappa shape index (κ2) is 4.69. The molecule has 0 aliphatic heterocycles. The molecule has 2 rings (SSSR count). The highest BCUT2D eigenvalue weighted by atomic mass is 16.5. The molecule has 0 atom stereocenters. The van der Waals surface area contributed by atoms with Crippen LogP contribution in [-0.4, -0.2) is 20.8 Å². The van der Waals surface area contributed by atoms with Gasteiger partial charge in [-0.15, -0.1) is 0 Å². The number of carbonyl (C=O) groups is 1. The fraction of sp³-hybridized carbons (Fsp3) is 0.300. The van der Waals surface area contributed by atoms with Gasteiger partial charge in [-0.25, -0.2) is 0 Å². The molecule has 0 aromatic carbocycles. The van der Waals surface area contributed by atoms with Crippen molar-refractivity contribution in [2.45, 2.75) is 20.0 Å². The van der Waals surface area contributed by atoms with Crippen molar-refractivity contribution in [1.82, 2.24) is 20.3 Å². The van der Waals surface area contributed by atoms with Crippen molar-refractivity contribution in [3.63, 3.8) is 0 Å². The van der Waals surface area contributed by atoms with Gasteiger partial charge in [-0.05, 0) is 6.92 Å². The summed E-state index contributed by atoms with van der Waals surface area (Å²) in [5.74, 6) is 0.248. The summed E-state index contributed by atoms with van der Waals surface area (Å²) in [6, 6.07) is 1.67. The van der Waals surface area contributed by atoms with Crippen LogP contribution >= 0.6 is 0 Å². The number of amides is 1. The standard InChI is InChI=1S/C10H13N5O2/c1-2-15-6-8(11)9(14-15)10(16)12-5-7-3-4-13-17-7/h3-4,6H,2,5,11H2,1H3,(H,12,16). The fourth-order valence-electron chi connectivity index (χ4n) is 1.36. The predicted octanol–water partition coefficient (Wildman–Crippen LogP) is 0.403. The minimum absolute atomic E-state index is 0.228. The summed E-state index contributed by atoms with van der Waals surface area (Å²) in [7, 11) is 0. The van der Waals surface area contributed by atoms with Crippen LogP contribution in [0, 0.1) is 0 Å². The topological polar surface area (TPSA) is 99.0 Å². The molecule has 0 unspecified atom stereocenters. The van der Waals surface area contributed by atoms with Crippen LogP contribution in [0.3, 0.4) is 0 Å². The lowest BCUT2D eigenvalue weighted by molar-refractivity contribution is 0.0942. The number of aromatic nitrogens is 3. The van der Waals surface area contributed by atoms with Crippen molar-refractivity contribution in [3.05, 3.63) is 29.9 Å². The number of aryl methyl sites for hydroxylation is 1. The fourth-order valence-corrected chi connectivity index (χ4v) is 1.36. The normalized spacial score (nSPS) is 10.4. The van der Waals surface area contributed by atoms with Crippen molar-refractivity contribution in [3.8, 4) is 0 Å². The highest BCUT2D eigenvalue weighted by Gasteiger charge is 2.14. The summed E-state index contributed by atoms with van der Waals surface area (Å²) in [6.45, 7) is 2.85. The van der Waals surface area contributed by atoms with Crippen molar-refractivity contribution in [2.75, 3.05) is 5.73 Å². The maximum Gasteiger partial charge on any atom is 0.274 e. The van der Waals surface area contributed by atoms with Gasteiger partial charge < -0.3 is 15.6 Å². The van der Waals surface area contributed by atoms with Gasteiger partial charge in [0.15, 0.2) is 11.5 Å². The Labute approximate surface area is 97.6 Å². The summed E-state index contributed by atoms with van der Waals surface area (Å²) < 4.78 is 6.46. The largest absolute Gasteiger partial charge is 0.396 e. The Bertz CT molecular complexity index is 503. The van der Waals surface area contributed by atoms with E-state index in [2.05, 4.69) is 15.6 Å². The molecule has 0 saturated carbocycles. The number of nitrogens with zero attached hydrogens (tertiary/aromatic N) is 3. The number of anilines is 1. The number of rotatable bonds is 4. The van der Waals surface area contributed by atoms with E-state index in [1.807, 2.05) is 6.92 Å². The van der Waals surface area contributed by atoms with Crippen LogP contribution < -0.4 is 11.1 Å². The molecule has 2 aromatic heterocycles. The van der Waals surface area contributed by atoms with Crippen LogP contribution in [-0.2, 0) is 13.1 Å². The highest BCUT2D eigenvalue weighted by molar-refractivity contribution is 5.96. The van der Waals surface area contributed by atoms with Gasteiger partial charge in [0.1, 0.15) is 0 Å². The molecule has 0 aliphatic carbocycles. The van der Waals surface area contributed by atoms with Crippen LogP contribution in [0.25, 0.3) is 0 Å². The molecule has 0 fully saturated rings. The Balaban J connectivity index is 2.01. The molecule has 2 aromatic rings. The Morgan fingerprint density at radius 1 is 1.65 bits per heavy atom. The van der Waals surface area contributed by atoms with E-state index in [1.54, 1.807) is 16.9 Å². The molecule has 2 heterocycles. The Kier molecular flexibility index (Phi) is 3.08. The number of hydrogen-bond donors (Lipinski definition) is 2. The third kappa shape index (κ3) is 2.44. The number of carbonyl (C=O) groups excluding carboxylic acids is 1. The molecular formula is C10H13N5O2. The molecule has 0 spiro atoms. The van der Waals surface area contributed by atoms with Gasteiger partial charge in [0.25, 0.3) is 5.91 Å². The molecule has 7 heteroatoms. The predicted molar refractivity (Wildman–Crippen MR) is 60.0 cm³/mol. The monoisotopic (exact) mass is 235 g/mol. The van der Waals surface area contributed by atoms with Gasteiger partial charge >= 0.3 is 0 Å². The first-order valence-corrected chi connectivity index (χ1v) is 5.21. The Morgan fingerprint density at radius 2 is 2.47 bits per heavy atom. The van der Waals surface area contributed by atoms with Crippen LogP contribution in [0.4, 0.5) is 5.69 Å². The number of nitrogens with one attached hydrogen (secondary N) is 1. The van der Waals surface area contributed by atoms with E-state index in [4.69, 9.17) is 10.3 Å². The van der Waals surface area contributed by atoms with Crippen molar-refractivity contribution < 1.29 is 9.32 Å². The van der Waals surface area contributed by atoms with E-state index in [9.17, 15) is 4.79 Å². The summed E-state index contributed by atoms with van der Waals surface area (Å²) in [5.41, 5.74) is 6.28. The molecule has 0 radical (unpaired) electrons. The molecule has 0 bridgehead atoms. The van der Waals surface area contributed by atoms with E-state index in [1.165, 1.54) is 6.20 Å². The first kappa shape index (κ1) is 11.2. The third-order valence-corrected chi connectivity index (χ3v) is 2.24. The lowest BCUT2D eigenvalue weighted by Gasteiger charge is -2.00. The van der Waals surface area contributed by atoms with Crippen LogP contribution in [0.1, 0.15) is 23.2 Å². The van der Waals surface area contributed by atoms with Gasteiger partial charge in [-0.3, -0.25) is 9.48 Å². The smallest absolute Gasteiger partial charge is 0.274 e. The zero-order chi connectivity index (χ0) is 12.3. The van der Waals surface area contributed by atoms with Crippen molar-refractivity contribution >= 4 is 11.6 Å². The minimum Gasteiger partial charge on any atom is -0.396 e. The second-order valence-electron chi connectivity index (χ2n) is 3.45. The third-order valence-electron chi connectivity index (χ3n) is 2.24. The van der Waals surface area contributed by atoms with Gasteiger partial charge in [0.2, 0.25) is 0 Å². The van der Waals surface area contributed by atoms with Gasteiger partial charge in [-0.1, -0.05) is 5.16 Å². The maximum absolute atomic E-state index is 11.8. The summed E-state index contributed by atoms with van der Waals surface area (Å²) in [6.07, 6.45) is 3.14. The molecule has 90 valence electrons. The lowest BCUT2D eigenvalue weighted by atomic mass is 10.3. The highest BCUT2D eigenvalue weighted by Crippen LogP contribution is 2.09. The summed E-state index contributed by atoms with van der Waals surface area (Å²) in [5, 5.41) is 10.2. The van der Waals surface area contributed by atoms with Crippen molar-refractivity contribution in [2.24, 2.45) is 0 Å². The molecule has 0 aliphatic rings. The number of nitrogen functional groups attached to an aromatic ring is 1. The first-order valence-electron chi connectivity index (χ1n) is 5.21. The van der Waals surface area contributed by atoms with Crippen LogP contribution in [0.2, 0.25) is 0 Å². The summed E-state index contributed by atoms with van der Waals surface area (Å²) >= 11 is 0. The van der Waals surface area contributed by atoms with E-state index in [0.717, 1.165) is 0 Å². The van der Waals surface area contributed by atoms with E-state index >= 15 is 0 Å². The van der Waals surface area contributed by atoms with Crippen LogP contribution in [0.15, 0.2) is 23.0 Å². The van der Waals surface area contributed by atoms with E-state index < -0.39 is 0 Å². The van der Waals surface area contributed by atoms with Gasteiger partial charge in [0, 0.05) is 18.8 Å². The minimum atomic E-state index is -0.328. The molecule has 7 nitrogen and oxygen atoms in total. The summed E-state index contributed by atoms with van der Waals surface area (Å²) in [4.78, 5) is 11.8. The molecule has 17 heavy (non-hydrogen) atoms. The Morgan fingerprint density at radius 3 is 3.06 bits per heavy atom. The quantitative estimate of drug-likeness (QED) is 0.799. The van der Waals surface area contributed by atoms with Gasteiger partial charge in [0.05, 0.1) is 18.4 Å². The first-order chi connectivity index (χ1) is 8.20. The molecule has 3 N–H and O–H groups in total. The average molecular weight is 235 g/mol. The van der Waals surface area contributed by atoms with E-state index in [-0.39, 0.29) is 18.1 Å². The molecular weight excluding hydrogens is 222 g/mol. The molecule has 1 amide bonds. The average Bonchev–Trinajstić information content (AvgIpc) is 2.94. The SMILES string of the molecule is CCn1cc(N)c(C(=O)NCc2ccno2)n1. The van der Waals surface area contributed by atoms with Crippen LogP contribution in [0.5, 0.6) is 0 Å². The lowest BCUT2D eigenvalue weighted by Crippen LogP contribution is -2.24. The Hall–Kier alpha value is -2.31. The second-order valence-corrected chi connectivity index (χ2v) is 3.45. The zero-order valence-electron chi connectivity index (χ0n) is 9.38. The molecule has 0 saturated heterocycles. The maximum atomic E-state index is 11.8. The zero-order valence-corrected chi connectivity index (χ0v) is 9.38.